The number of para-hydroxylation sites is 1. The topological polar surface area (TPSA) is 108 Å². The third kappa shape index (κ3) is 3.70. The number of hydrogen-bond acceptors (Lipinski definition) is 6. The Morgan fingerprint density at radius 3 is 2.52 bits per heavy atom. The fourth-order valence-electron chi connectivity index (χ4n) is 2.20. The summed E-state index contributed by atoms with van der Waals surface area (Å²) in [6, 6.07) is 7.79. The highest BCUT2D eigenvalue weighted by molar-refractivity contribution is 5.73. The molecule has 0 unspecified atom stereocenters. The third-order valence-corrected chi connectivity index (χ3v) is 3.25. The fraction of sp³-hybridized carbons (Fsp3) is 0.500. The third-order valence-electron chi connectivity index (χ3n) is 3.25. The van der Waals surface area contributed by atoms with Crippen LogP contribution in [0.3, 0.4) is 0 Å². The van der Waals surface area contributed by atoms with E-state index in [9.17, 15) is 20.1 Å². The molecule has 1 amide bonds. The molecule has 1 saturated heterocycles. The van der Waals surface area contributed by atoms with Crippen LogP contribution >= 0.6 is 0 Å². The van der Waals surface area contributed by atoms with E-state index in [1.807, 2.05) is 6.07 Å². The minimum Gasteiger partial charge on any atom is -0.463 e. The molecule has 1 aliphatic rings. The molecule has 0 spiro atoms. The second-order valence-corrected chi connectivity index (χ2v) is 4.86. The molecule has 1 aliphatic heterocycles. The van der Waals surface area contributed by atoms with Crippen LogP contribution in [0.15, 0.2) is 30.3 Å². The highest BCUT2D eigenvalue weighted by Crippen LogP contribution is 2.24. The van der Waals surface area contributed by atoms with Crippen molar-refractivity contribution in [1.29, 1.82) is 0 Å². The van der Waals surface area contributed by atoms with Gasteiger partial charge in [-0.15, -0.1) is 0 Å². The van der Waals surface area contributed by atoms with Gasteiger partial charge < -0.3 is 30.1 Å². The number of carbonyl (C=O) groups excluding carboxylic acids is 1. The van der Waals surface area contributed by atoms with Crippen molar-refractivity contribution in [2.45, 2.75) is 37.6 Å². The van der Waals surface area contributed by atoms with E-state index in [0.717, 1.165) is 0 Å². The molecule has 1 fully saturated rings. The van der Waals surface area contributed by atoms with Gasteiger partial charge in [0.2, 0.25) is 12.2 Å². The van der Waals surface area contributed by atoms with Gasteiger partial charge >= 0.3 is 0 Å². The smallest absolute Gasteiger partial charge is 0.223 e. The van der Waals surface area contributed by atoms with Gasteiger partial charge in [0.1, 0.15) is 30.1 Å². The van der Waals surface area contributed by atoms with E-state index in [2.05, 4.69) is 5.32 Å². The Morgan fingerprint density at radius 1 is 1.29 bits per heavy atom. The molecule has 1 aromatic carbocycles. The molecule has 116 valence electrons. The van der Waals surface area contributed by atoms with Gasteiger partial charge in [-0.25, -0.2) is 0 Å². The number of amides is 1. The number of benzene rings is 1. The van der Waals surface area contributed by atoms with Crippen LogP contribution in [0.2, 0.25) is 0 Å². The first-order chi connectivity index (χ1) is 10.0. The Bertz CT molecular complexity index is 468. The molecule has 7 nitrogen and oxygen atoms in total. The zero-order valence-corrected chi connectivity index (χ0v) is 11.5. The lowest BCUT2D eigenvalue weighted by Gasteiger charge is -2.42. The molecule has 0 aliphatic carbocycles. The van der Waals surface area contributed by atoms with Crippen molar-refractivity contribution >= 4 is 5.91 Å². The second-order valence-electron chi connectivity index (χ2n) is 4.86. The van der Waals surface area contributed by atoms with Crippen molar-refractivity contribution in [2.24, 2.45) is 0 Å². The Morgan fingerprint density at radius 2 is 1.95 bits per heavy atom. The first kappa shape index (κ1) is 15.7. The van der Waals surface area contributed by atoms with Crippen molar-refractivity contribution < 1.29 is 29.6 Å². The predicted octanol–water partition coefficient (Wildman–Crippen LogP) is -0.991. The maximum atomic E-state index is 11.2. The van der Waals surface area contributed by atoms with Gasteiger partial charge in [0.05, 0.1) is 6.61 Å². The van der Waals surface area contributed by atoms with Crippen LogP contribution in [0.5, 0.6) is 5.75 Å². The van der Waals surface area contributed by atoms with Gasteiger partial charge in [-0.1, -0.05) is 18.2 Å². The molecule has 5 atom stereocenters. The molecule has 0 radical (unpaired) electrons. The van der Waals surface area contributed by atoms with Crippen LogP contribution < -0.4 is 10.1 Å². The fourth-order valence-corrected chi connectivity index (χ4v) is 2.20. The molecule has 0 saturated carbocycles. The predicted molar refractivity (Wildman–Crippen MR) is 72.4 cm³/mol. The average Bonchev–Trinajstić information content (AvgIpc) is 2.47. The van der Waals surface area contributed by atoms with E-state index < -0.39 is 37.3 Å². The summed E-state index contributed by atoms with van der Waals surface area (Å²) in [5, 5.41) is 31.7. The van der Waals surface area contributed by atoms with Gasteiger partial charge in [0.15, 0.2) is 0 Å². The lowest BCUT2D eigenvalue weighted by Crippen LogP contribution is -2.65. The number of ether oxygens (including phenoxy) is 2. The van der Waals surface area contributed by atoms with Gasteiger partial charge in [-0.05, 0) is 12.1 Å². The number of nitrogens with one attached hydrogen (secondary N) is 1. The first-order valence-electron chi connectivity index (χ1n) is 6.64. The van der Waals surface area contributed by atoms with E-state index in [4.69, 9.17) is 9.47 Å². The van der Waals surface area contributed by atoms with Crippen LogP contribution in [-0.4, -0.2) is 58.5 Å². The Hall–Kier alpha value is -1.67. The van der Waals surface area contributed by atoms with Crippen LogP contribution in [0.25, 0.3) is 0 Å². The normalized spacial score (nSPS) is 32.5. The lowest BCUT2D eigenvalue weighted by atomic mass is 9.97. The largest absolute Gasteiger partial charge is 0.463 e. The molecular weight excluding hydrogens is 278 g/mol. The molecule has 0 aromatic heterocycles. The molecule has 2 rings (SSSR count). The standard InChI is InChI=1S/C14H19NO6/c1-8(17)15-11-13(19)12(18)10(7-16)21-14(11)20-9-5-3-2-4-6-9/h2-6,10-14,16,18-19H,7H2,1H3,(H,15,17)/t10-,11-,12+,13+,14-/m0/s1. The molecule has 1 heterocycles. The van der Waals surface area contributed by atoms with Crippen LogP contribution in [0.4, 0.5) is 0 Å². The minimum absolute atomic E-state index is 0.390. The van der Waals surface area contributed by atoms with E-state index >= 15 is 0 Å². The number of aliphatic hydroxyl groups is 3. The molecule has 1 aromatic rings. The highest BCUT2D eigenvalue weighted by atomic mass is 16.7. The van der Waals surface area contributed by atoms with E-state index in [-0.39, 0.29) is 5.91 Å². The van der Waals surface area contributed by atoms with E-state index in [1.54, 1.807) is 24.3 Å². The number of rotatable bonds is 4. The summed E-state index contributed by atoms with van der Waals surface area (Å²) in [5.74, 6) is 0.0945. The van der Waals surface area contributed by atoms with Crippen molar-refractivity contribution in [1.82, 2.24) is 5.32 Å². The van der Waals surface area contributed by atoms with Crippen molar-refractivity contribution in [3.8, 4) is 5.75 Å². The number of aliphatic hydroxyl groups excluding tert-OH is 3. The van der Waals surface area contributed by atoms with Crippen LogP contribution in [0.1, 0.15) is 6.92 Å². The molecule has 7 heteroatoms. The summed E-state index contributed by atoms with van der Waals surface area (Å²) in [5.41, 5.74) is 0. The summed E-state index contributed by atoms with van der Waals surface area (Å²) in [4.78, 5) is 11.2. The minimum atomic E-state index is -1.32. The Labute approximate surface area is 122 Å². The van der Waals surface area contributed by atoms with Crippen molar-refractivity contribution in [2.75, 3.05) is 6.61 Å². The van der Waals surface area contributed by atoms with Gasteiger partial charge in [-0.3, -0.25) is 4.79 Å². The summed E-state index contributed by atoms with van der Waals surface area (Å²) < 4.78 is 11.0. The zero-order valence-electron chi connectivity index (χ0n) is 11.5. The second kappa shape index (κ2) is 6.86. The highest BCUT2D eigenvalue weighted by Gasteiger charge is 2.45. The average molecular weight is 297 g/mol. The van der Waals surface area contributed by atoms with Crippen LogP contribution in [-0.2, 0) is 9.53 Å². The zero-order chi connectivity index (χ0) is 15.4. The summed E-state index contributed by atoms with van der Waals surface area (Å²) in [6.07, 6.45) is -4.64. The number of hydrogen-bond donors (Lipinski definition) is 4. The maximum absolute atomic E-state index is 11.2. The summed E-state index contributed by atoms with van der Waals surface area (Å²) >= 11 is 0. The maximum Gasteiger partial charge on any atom is 0.223 e. The molecular formula is C14H19NO6. The SMILES string of the molecule is CC(=O)N[C@@H]1[C@@H](Oc2ccccc2)O[C@@H](CO)[C@@H](O)[C@@H]1O. The molecule has 0 bridgehead atoms. The van der Waals surface area contributed by atoms with Crippen LogP contribution in [0, 0.1) is 0 Å². The monoisotopic (exact) mass is 297 g/mol. The van der Waals surface area contributed by atoms with Gasteiger partial charge in [0, 0.05) is 6.92 Å². The molecule has 4 N–H and O–H groups in total. The number of carbonyl (C=O) groups is 1. The van der Waals surface area contributed by atoms with Gasteiger partial charge in [0.25, 0.3) is 0 Å². The quantitative estimate of drug-likeness (QED) is 0.568. The summed E-state index contributed by atoms with van der Waals surface area (Å²) in [6.45, 7) is 0.816. The van der Waals surface area contributed by atoms with Gasteiger partial charge in [-0.2, -0.15) is 0 Å². The Kier molecular flexibility index (Phi) is 5.13. The van der Waals surface area contributed by atoms with E-state index in [1.165, 1.54) is 6.92 Å². The summed E-state index contributed by atoms with van der Waals surface area (Å²) in [7, 11) is 0. The first-order valence-corrected chi connectivity index (χ1v) is 6.64. The van der Waals surface area contributed by atoms with Crippen molar-refractivity contribution in [3.63, 3.8) is 0 Å². The Balaban J connectivity index is 2.18. The lowest BCUT2D eigenvalue weighted by molar-refractivity contribution is -0.244. The van der Waals surface area contributed by atoms with Crippen molar-refractivity contribution in [3.05, 3.63) is 30.3 Å². The molecule has 21 heavy (non-hydrogen) atoms. The van der Waals surface area contributed by atoms with E-state index in [0.29, 0.717) is 5.75 Å².